The summed E-state index contributed by atoms with van der Waals surface area (Å²) in [5, 5.41) is 5.22. The number of hydrogen-bond donors (Lipinski definition) is 2. The summed E-state index contributed by atoms with van der Waals surface area (Å²) in [6, 6.07) is 6.23. The molecule has 1 atom stereocenters. The molecule has 1 fully saturated rings. The number of carbonyl (C=O) groups is 3. The Bertz CT molecular complexity index is 1000. The summed E-state index contributed by atoms with van der Waals surface area (Å²) in [5.74, 6) is -3.33. The van der Waals surface area contributed by atoms with E-state index in [-0.39, 0.29) is 10.7 Å². The van der Waals surface area contributed by atoms with Crippen molar-refractivity contribution in [1.82, 2.24) is 10.2 Å². The molecule has 28 heavy (non-hydrogen) atoms. The molecule has 4 amide bonds. The lowest BCUT2D eigenvalue weighted by atomic mass is 9.92. The molecule has 0 spiro atoms. The van der Waals surface area contributed by atoms with Crippen LogP contribution in [0, 0.1) is 11.6 Å². The number of anilines is 1. The van der Waals surface area contributed by atoms with Gasteiger partial charge in [0.15, 0.2) is 0 Å². The van der Waals surface area contributed by atoms with E-state index in [2.05, 4.69) is 10.6 Å². The minimum absolute atomic E-state index is 0.170. The molecule has 0 bridgehead atoms. The van der Waals surface area contributed by atoms with Gasteiger partial charge in [-0.25, -0.2) is 13.6 Å². The summed E-state index contributed by atoms with van der Waals surface area (Å²) in [5.41, 5.74) is -1.47. The standard InChI is InChI=1S/C18H13Cl2F2N3O3/c1-18(11-4-2-9(19)6-12(11)20)16(27)25(17(28)24-18)8-15(26)23-14-5-3-10(21)7-13(14)22/h2-7H,8H2,1H3,(H,23,26)(H,24,28). The molecule has 6 nitrogen and oxygen atoms in total. The number of hydrogen-bond acceptors (Lipinski definition) is 3. The van der Waals surface area contributed by atoms with Crippen molar-refractivity contribution in [3.05, 3.63) is 63.6 Å². The second-order valence-electron chi connectivity index (χ2n) is 6.24. The fourth-order valence-electron chi connectivity index (χ4n) is 2.84. The average molecular weight is 428 g/mol. The van der Waals surface area contributed by atoms with Gasteiger partial charge in [-0.1, -0.05) is 29.3 Å². The molecule has 0 radical (unpaired) electrons. The normalized spacial score (nSPS) is 19.0. The lowest BCUT2D eigenvalue weighted by molar-refractivity contribution is -0.133. The summed E-state index contributed by atoms with van der Waals surface area (Å²) in [6.07, 6.45) is 0. The van der Waals surface area contributed by atoms with Gasteiger partial charge < -0.3 is 10.6 Å². The lowest BCUT2D eigenvalue weighted by Gasteiger charge is -2.23. The Balaban J connectivity index is 1.79. The Labute approximate surface area is 168 Å². The Kier molecular flexibility index (Phi) is 5.27. The van der Waals surface area contributed by atoms with E-state index < -0.39 is 41.6 Å². The highest BCUT2D eigenvalue weighted by Crippen LogP contribution is 2.34. The number of rotatable bonds is 4. The summed E-state index contributed by atoms with van der Waals surface area (Å²) >= 11 is 12.0. The van der Waals surface area contributed by atoms with Gasteiger partial charge in [-0.2, -0.15) is 0 Å². The number of nitrogens with zero attached hydrogens (tertiary/aromatic N) is 1. The van der Waals surface area contributed by atoms with Crippen LogP contribution in [0.4, 0.5) is 19.3 Å². The molecule has 1 saturated heterocycles. The van der Waals surface area contributed by atoms with Crippen LogP contribution in [0.25, 0.3) is 0 Å². The number of urea groups is 1. The number of halogens is 4. The zero-order chi connectivity index (χ0) is 20.6. The van der Waals surface area contributed by atoms with Crippen molar-refractivity contribution in [2.75, 3.05) is 11.9 Å². The van der Waals surface area contributed by atoms with E-state index in [0.717, 1.165) is 12.1 Å². The Morgan fingerprint density at radius 3 is 2.54 bits per heavy atom. The van der Waals surface area contributed by atoms with Crippen LogP contribution in [0.1, 0.15) is 12.5 Å². The molecule has 0 saturated carbocycles. The summed E-state index contributed by atoms with van der Waals surface area (Å²) in [7, 11) is 0. The van der Waals surface area contributed by atoms with E-state index in [9.17, 15) is 23.2 Å². The number of nitrogens with one attached hydrogen (secondary N) is 2. The smallest absolute Gasteiger partial charge is 0.322 e. The minimum atomic E-state index is -1.50. The van der Waals surface area contributed by atoms with Crippen LogP contribution in [0.3, 0.4) is 0 Å². The highest BCUT2D eigenvalue weighted by Gasteiger charge is 2.50. The molecule has 1 aliphatic rings. The third kappa shape index (κ3) is 3.65. The van der Waals surface area contributed by atoms with Gasteiger partial charge in [0.2, 0.25) is 5.91 Å². The maximum atomic E-state index is 13.7. The van der Waals surface area contributed by atoms with Crippen LogP contribution >= 0.6 is 23.2 Å². The molecule has 1 heterocycles. The van der Waals surface area contributed by atoms with E-state index in [1.54, 1.807) is 0 Å². The fourth-order valence-corrected chi connectivity index (χ4v) is 3.44. The molecule has 2 aromatic carbocycles. The SMILES string of the molecule is CC1(c2ccc(Cl)cc2Cl)NC(=O)N(CC(=O)Nc2ccc(F)cc2F)C1=O. The topological polar surface area (TPSA) is 78.5 Å². The average Bonchev–Trinajstić information content (AvgIpc) is 2.81. The Morgan fingerprint density at radius 2 is 1.89 bits per heavy atom. The van der Waals surface area contributed by atoms with Crippen molar-refractivity contribution >= 4 is 46.7 Å². The zero-order valence-corrected chi connectivity index (χ0v) is 15.9. The van der Waals surface area contributed by atoms with Crippen LogP contribution in [-0.2, 0) is 15.1 Å². The zero-order valence-electron chi connectivity index (χ0n) is 14.4. The van der Waals surface area contributed by atoms with Crippen molar-refractivity contribution in [1.29, 1.82) is 0 Å². The van der Waals surface area contributed by atoms with Crippen molar-refractivity contribution in [2.45, 2.75) is 12.5 Å². The number of carbonyl (C=O) groups excluding carboxylic acids is 3. The van der Waals surface area contributed by atoms with Crippen molar-refractivity contribution in [2.24, 2.45) is 0 Å². The quantitative estimate of drug-likeness (QED) is 0.730. The molecule has 3 rings (SSSR count). The first-order valence-electron chi connectivity index (χ1n) is 7.96. The van der Waals surface area contributed by atoms with E-state index in [1.807, 2.05) is 0 Å². The monoisotopic (exact) mass is 427 g/mol. The lowest BCUT2D eigenvalue weighted by Crippen LogP contribution is -2.42. The van der Waals surface area contributed by atoms with Gasteiger partial charge in [0.25, 0.3) is 5.91 Å². The molecule has 1 unspecified atom stereocenters. The van der Waals surface area contributed by atoms with Gasteiger partial charge in [0.05, 0.1) is 5.69 Å². The predicted octanol–water partition coefficient (Wildman–Crippen LogP) is 3.68. The van der Waals surface area contributed by atoms with Gasteiger partial charge in [-0.3, -0.25) is 14.5 Å². The van der Waals surface area contributed by atoms with Crippen LogP contribution in [0.2, 0.25) is 10.0 Å². The fraction of sp³-hybridized carbons (Fsp3) is 0.167. The van der Waals surface area contributed by atoms with Gasteiger partial charge in [0.1, 0.15) is 23.7 Å². The van der Waals surface area contributed by atoms with Crippen molar-refractivity contribution in [3.8, 4) is 0 Å². The molecule has 146 valence electrons. The van der Waals surface area contributed by atoms with Crippen LogP contribution in [0.5, 0.6) is 0 Å². The molecule has 0 aliphatic carbocycles. The van der Waals surface area contributed by atoms with Crippen molar-refractivity contribution < 1.29 is 23.2 Å². The summed E-state index contributed by atoms with van der Waals surface area (Å²) in [6.45, 7) is 0.780. The molecule has 0 aromatic heterocycles. The number of amides is 4. The van der Waals surface area contributed by atoms with E-state index >= 15 is 0 Å². The molecule has 10 heteroatoms. The largest absolute Gasteiger partial charge is 0.325 e. The summed E-state index contributed by atoms with van der Waals surface area (Å²) in [4.78, 5) is 37.9. The number of benzene rings is 2. The van der Waals surface area contributed by atoms with E-state index in [4.69, 9.17) is 23.2 Å². The maximum absolute atomic E-state index is 13.7. The van der Waals surface area contributed by atoms with Crippen LogP contribution in [0.15, 0.2) is 36.4 Å². The summed E-state index contributed by atoms with van der Waals surface area (Å²) < 4.78 is 26.6. The first kappa shape index (κ1) is 20.0. The van der Waals surface area contributed by atoms with Gasteiger partial charge in [-0.05, 0) is 31.2 Å². The van der Waals surface area contributed by atoms with Crippen molar-refractivity contribution in [3.63, 3.8) is 0 Å². The van der Waals surface area contributed by atoms with Gasteiger partial charge >= 0.3 is 6.03 Å². The van der Waals surface area contributed by atoms with Gasteiger partial charge in [-0.15, -0.1) is 0 Å². The third-order valence-electron chi connectivity index (χ3n) is 4.25. The first-order valence-corrected chi connectivity index (χ1v) is 8.72. The molecule has 1 aliphatic heterocycles. The van der Waals surface area contributed by atoms with Crippen LogP contribution < -0.4 is 10.6 Å². The molecule has 2 N–H and O–H groups in total. The Hall–Kier alpha value is -2.71. The molecular formula is C18H13Cl2F2N3O3. The van der Waals surface area contributed by atoms with Gasteiger partial charge in [0, 0.05) is 21.7 Å². The highest BCUT2D eigenvalue weighted by molar-refractivity contribution is 6.35. The minimum Gasteiger partial charge on any atom is -0.322 e. The second-order valence-corrected chi connectivity index (χ2v) is 7.09. The molecular weight excluding hydrogens is 415 g/mol. The Morgan fingerprint density at radius 1 is 1.18 bits per heavy atom. The predicted molar refractivity (Wildman–Crippen MR) is 99.0 cm³/mol. The number of imide groups is 1. The second kappa shape index (κ2) is 7.37. The van der Waals surface area contributed by atoms with E-state index in [0.29, 0.717) is 21.6 Å². The van der Waals surface area contributed by atoms with Crippen LogP contribution in [-0.4, -0.2) is 29.3 Å². The first-order chi connectivity index (χ1) is 13.1. The third-order valence-corrected chi connectivity index (χ3v) is 4.80. The maximum Gasteiger partial charge on any atom is 0.325 e. The van der Waals surface area contributed by atoms with E-state index in [1.165, 1.54) is 25.1 Å². The molecule has 2 aromatic rings. The highest BCUT2D eigenvalue weighted by atomic mass is 35.5.